The second-order valence-corrected chi connectivity index (χ2v) is 11.7. The van der Waals surface area contributed by atoms with Gasteiger partial charge in [0.05, 0.1) is 6.61 Å². The zero-order valence-corrected chi connectivity index (χ0v) is 24.0. The Morgan fingerprint density at radius 3 is 2.51 bits per heavy atom. The first-order valence-corrected chi connectivity index (χ1v) is 14.9. The summed E-state index contributed by atoms with van der Waals surface area (Å²) in [4.78, 5) is 16.9. The summed E-state index contributed by atoms with van der Waals surface area (Å²) >= 11 is 3.20. The van der Waals surface area contributed by atoms with Crippen molar-refractivity contribution in [1.29, 1.82) is 0 Å². The van der Waals surface area contributed by atoms with Gasteiger partial charge in [0, 0.05) is 13.1 Å². The smallest absolute Gasteiger partial charge is 0.267 e. The van der Waals surface area contributed by atoms with Gasteiger partial charge in [0.15, 0.2) is 0 Å². The van der Waals surface area contributed by atoms with E-state index in [1.54, 1.807) is 11.8 Å². The van der Waals surface area contributed by atoms with E-state index < -0.39 is 0 Å². The zero-order valence-electron chi connectivity index (χ0n) is 22.3. The summed E-state index contributed by atoms with van der Waals surface area (Å²) in [5.74, 6) is 1.73. The number of thiophene rings is 1. The molecule has 0 N–H and O–H groups in total. The summed E-state index contributed by atoms with van der Waals surface area (Å²) in [5, 5.41) is 4.16. The molecule has 0 atom stereocenters. The van der Waals surface area contributed by atoms with Gasteiger partial charge in [-0.05, 0) is 88.1 Å². The molecule has 5 heteroatoms. The lowest BCUT2D eigenvalue weighted by Gasteiger charge is -2.32. The second-order valence-electron chi connectivity index (χ2n) is 9.82. The summed E-state index contributed by atoms with van der Waals surface area (Å²) in [6.07, 6.45) is 1.89. The molecule has 0 spiro atoms. The van der Waals surface area contributed by atoms with Crippen LogP contribution in [-0.4, -0.2) is 30.5 Å². The fourth-order valence-corrected chi connectivity index (χ4v) is 6.40. The van der Waals surface area contributed by atoms with Crippen LogP contribution in [0.2, 0.25) is 0 Å². The highest BCUT2D eigenvalue weighted by Crippen LogP contribution is 2.37. The predicted molar refractivity (Wildman–Crippen MR) is 160 cm³/mol. The molecule has 0 radical (unpaired) electrons. The van der Waals surface area contributed by atoms with Gasteiger partial charge in [-0.25, -0.2) is 0 Å². The first kappa shape index (κ1) is 27.3. The number of nitrogens with zero attached hydrogens (tertiary/aromatic N) is 1. The summed E-state index contributed by atoms with van der Waals surface area (Å²) < 4.78 is 5.63. The summed E-state index contributed by atoms with van der Waals surface area (Å²) in [6.45, 7) is 15.1. The number of benzene rings is 2. The predicted octanol–water partition coefficient (Wildman–Crippen LogP) is 9.10. The molecule has 1 aliphatic rings. The highest BCUT2D eigenvalue weighted by Gasteiger charge is 2.27. The molecule has 1 saturated heterocycles. The number of piperidine rings is 1. The number of amides is 1. The van der Waals surface area contributed by atoms with Crippen LogP contribution in [0.15, 0.2) is 76.9 Å². The first-order chi connectivity index (χ1) is 17.9. The molecule has 3 nitrogen and oxygen atoms in total. The molecule has 3 aromatic rings. The van der Waals surface area contributed by atoms with E-state index in [4.69, 9.17) is 4.74 Å². The van der Waals surface area contributed by atoms with Crippen molar-refractivity contribution >= 4 is 34.6 Å². The SMILES string of the molecule is C=C(S/C=C(\C)c1ccccc1-c1ccc(C(C)C)cc1)C1CCN(C(=O)c2sccc2OCC)CC1. The zero-order chi connectivity index (χ0) is 26.4. The van der Waals surface area contributed by atoms with E-state index in [0.29, 0.717) is 29.1 Å². The van der Waals surface area contributed by atoms with Gasteiger partial charge in [-0.15, -0.1) is 23.1 Å². The minimum atomic E-state index is 0.0870. The van der Waals surface area contributed by atoms with Crippen molar-refractivity contribution in [3.05, 3.63) is 92.9 Å². The van der Waals surface area contributed by atoms with Crippen LogP contribution < -0.4 is 4.74 Å². The monoisotopic (exact) mass is 531 g/mol. The third kappa shape index (κ3) is 6.58. The number of carbonyl (C=O) groups is 1. The topological polar surface area (TPSA) is 29.5 Å². The van der Waals surface area contributed by atoms with Crippen LogP contribution in [-0.2, 0) is 0 Å². The summed E-state index contributed by atoms with van der Waals surface area (Å²) in [5.41, 5.74) is 6.35. The van der Waals surface area contributed by atoms with Crippen LogP contribution in [0.25, 0.3) is 16.7 Å². The number of thioether (sulfide) groups is 1. The van der Waals surface area contributed by atoms with Crippen molar-refractivity contribution in [2.45, 2.75) is 46.5 Å². The average molecular weight is 532 g/mol. The van der Waals surface area contributed by atoms with E-state index in [1.165, 1.54) is 44.1 Å². The Bertz CT molecular complexity index is 1250. The van der Waals surface area contributed by atoms with Gasteiger partial charge in [-0.1, -0.05) is 69.0 Å². The third-order valence-corrected chi connectivity index (χ3v) is 8.98. The van der Waals surface area contributed by atoms with Crippen molar-refractivity contribution in [3.63, 3.8) is 0 Å². The highest BCUT2D eigenvalue weighted by molar-refractivity contribution is 8.06. The van der Waals surface area contributed by atoms with Crippen LogP contribution in [0.3, 0.4) is 0 Å². The molecule has 1 amide bonds. The van der Waals surface area contributed by atoms with Gasteiger partial charge in [0.1, 0.15) is 10.6 Å². The van der Waals surface area contributed by atoms with Crippen LogP contribution >= 0.6 is 23.1 Å². The van der Waals surface area contributed by atoms with Gasteiger partial charge in [0.25, 0.3) is 5.91 Å². The maximum Gasteiger partial charge on any atom is 0.267 e. The first-order valence-electron chi connectivity index (χ1n) is 13.1. The van der Waals surface area contributed by atoms with Crippen LogP contribution in [0.4, 0.5) is 0 Å². The van der Waals surface area contributed by atoms with E-state index in [9.17, 15) is 4.79 Å². The molecule has 0 aliphatic carbocycles. The van der Waals surface area contributed by atoms with Crippen LogP contribution in [0, 0.1) is 5.92 Å². The van der Waals surface area contributed by atoms with Gasteiger partial charge < -0.3 is 9.64 Å². The maximum absolute atomic E-state index is 13.0. The van der Waals surface area contributed by atoms with Gasteiger partial charge in [-0.3, -0.25) is 4.79 Å². The molecule has 2 aromatic carbocycles. The van der Waals surface area contributed by atoms with Gasteiger partial charge in [-0.2, -0.15) is 0 Å². The number of ether oxygens (including phenoxy) is 1. The minimum absolute atomic E-state index is 0.0870. The molecular weight excluding hydrogens is 494 g/mol. The minimum Gasteiger partial charge on any atom is -0.492 e. The van der Waals surface area contributed by atoms with E-state index in [1.807, 2.05) is 23.3 Å². The Hall–Kier alpha value is -2.76. The summed E-state index contributed by atoms with van der Waals surface area (Å²) in [6, 6.07) is 19.4. The number of hydrogen-bond acceptors (Lipinski definition) is 4. The lowest BCUT2D eigenvalue weighted by Crippen LogP contribution is -2.38. The number of allylic oxidation sites excluding steroid dienone is 2. The Morgan fingerprint density at radius 1 is 1.14 bits per heavy atom. The largest absolute Gasteiger partial charge is 0.492 e. The van der Waals surface area contributed by atoms with Gasteiger partial charge in [0.2, 0.25) is 0 Å². The maximum atomic E-state index is 13.0. The summed E-state index contributed by atoms with van der Waals surface area (Å²) in [7, 11) is 0. The number of rotatable bonds is 9. The molecule has 1 aromatic heterocycles. The molecular formula is C32H37NO2S2. The Kier molecular flexibility index (Phi) is 9.33. The standard InChI is InChI=1S/C32H37NO2S2/c1-6-35-30-17-20-36-31(30)32(34)33-18-15-26(16-19-33)24(5)37-21-23(4)28-9-7-8-10-29(28)27-13-11-25(12-14-27)22(2)3/h7-14,17,20-22,26H,5-6,15-16,18-19H2,1-4H3/b23-21+. The van der Waals surface area contributed by atoms with Crippen molar-refractivity contribution in [3.8, 4) is 16.9 Å². The molecule has 1 aliphatic heterocycles. The molecule has 0 saturated carbocycles. The Morgan fingerprint density at radius 2 is 1.84 bits per heavy atom. The fourth-order valence-electron chi connectivity index (χ4n) is 4.72. The van der Waals surface area contributed by atoms with E-state index in [-0.39, 0.29) is 5.91 Å². The van der Waals surface area contributed by atoms with Crippen molar-refractivity contribution in [1.82, 2.24) is 4.90 Å². The normalized spacial score (nSPS) is 14.7. The van der Waals surface area contributed by atoms with E-state index >= 15 is 0 Å². The van der Waals surface area contributed by atoms with Crippen molar-refractivity contribution in [2.24, 2.45) is 5.92 Å². The van der Waals surface area contributed by atoms with Crippen molar-refractivity contribution < 1.29 is 9.53 Å². The lowest BCUT2D eigenvalue weighted by atomic mass is 9.94. The quantitative estimate of drug-likeness (QED) is 0.276. The second kappa shape index (κ2) is 12.7. The lowest BCUT2D eigenvalue weighted by molar-refractivity contribution is 0.0706. The molecule has 37 heavy (non-hydrogen) atoms. The van der Waals surface area contributed by atoms with Crippen LogP contribution in [0.1, 0.15) is 67.3 Å². The Balaban J connectivity index is 1.37. The number of likely N-dealkylation sites (tertiary alicyclic amines) is 1. The van der Waals surface area contributed by atoms with Gasteiger partial charge >= 0.3 is 0 Å². The highest BCUT2D eigenvalue weighted by atomic mass is 32.2. The van der Waals surface area contributed by atoms with E-state index in [0.717, 1.165) is 25.9 Å². The van der Waals surface area contributed by atoms with E-state index in [2.05, 4.69) is 81.3 Å². The molecule has 4 rings (SSSR count). The molecule has 0 unspecified atom stereocenters. The number of carbonyl (C=O) groups excluding carboxylic acids is 1. The van der Waals surface area contributed by atoms with Crippen molar-refractivity contribution in [2.75, 3.05) is 19.7 Å². The third-order valence-electron chi connectivity index (χ3n) is 6.99. The average Bonchev–Trinajstić information content (AvgIpc) is 3.39. The molecule has 1 fully saturated rings. The van der Waals surface area contributed by atoms with Crippen LogP contribution in [0.5, 0.6) is 5.75 Å². The molecule has 194 valence electrons. The fraction of sp³-hybridized carbons (Fsp3) is 0.344. The Labute approximate surface area is 230 Å². The molecule has 0 bridgehead atoms. The number of hydrogen-bond donors (Lipinski definition) is 0. The molecule has 2 heterocycles.